The van der Waals surface area contributed by atoms with E-state index in [-0.39, 0.29) is 18.1 Å². The molecule has 6 nitrogen and oxygen atoms in total. The van der Waals surface area contributed by atoms with Gasteiger partial charge in [0.05, 0.1) is 16.9 Å². The Morgan fingerprint density at radius 1 is 1.10 bits per heavy atom. The maximum absolute atomic E-state index is 12.4. The van der Waals surface area contributed by atoms with Gasteiger partial charge in [-0.05, 0) is 60.0 Å². The van der Waals surface area contributed by atoms with Gasteiger partial charge in [-0.2, -0.15) is 0 Å². The van der Waals surface area contributed by atoms with E-state index in [1.807, 2.05) is 18.2 Å². The van der Waals surface area contributed by atoms with Crippen LogP contribution < -0.4 is 9.47 Å². The number of nitro benzene ring substituents is 1. The van der Waals surface area contributed by atoms with Crippen LogP contribution in [0.1, 0.15) is 39.0 Å². The summed E-state index contributed by atoms with van der Waals surface area (Å²) in [4.78, 5) is 24.7. The van der Waals surface area contributed by atoms with Gasteiger partial charge in [-0.3, -0.25) is 14.9 Å². The number of carbonyl (C=O) groups is 1. The molecule has 0 N–H and O–H groups in total. The van der Waals surface area contributed by atoms with Crippen LogP contribution in [0.3, 0.4) is 0 Å². The second-order valence-electron chi connectivity index (χ2n) is 6.84. The van der Waals surface area contributed by atoms with Gasteiger partial charge in [0, 0.05) is 17.0 Å². The predicted molar refractivity (Wildman–Crippen MR) is 122 cm³/mol. The van der Waals surface area contributed by atoms with Gasteiger partial charge in [0.1, 0.15) is 6.61 Å². The van der Waals surface area contributed by atoms with Crippen LogP contribution in [-0.2, 0) is 13.0 Å². The zero-order chi connectivity index (χ0) is 22.2. The van der Waals surface area contributed by atoms with Gasteiger partial charge in [0.25, 0.3) is 5.69 Å². The Morgan fingerprint density at radius 3 is 2.55 bits per heavy atom. The number of carbonyl (C=O) groups excluding carboxylic acids is 1. The molecule has 3 aromatic rings. The number of aryl methyl sites for hydroxylation is 1. The first kappa shape index (κ1) is 22.2. The average molecular weight is 438 g/mol. The fourth-order valence-corrected chi connectivity index (χ4v) is 3.96. The maximum Gasteiger partial charge on any atom is 0.269 e. The average Bonchev–Trinajstić information content (AvgIpc) is 3.25. The van der Waals surface area contributed by atoms with E-state index < -0.39 is 4.92 Å². The van der Waals surface area contributed by atoms with Gasteiger partial charge in [-0.1, -0.05) is 25.5 Å². The molecule has 2 aromatic carbocycles. The van der Waals surface area contributed by atoms with E-state index in [0.29, 0.717) is 11.5 Å². The molecule has 0 saturated carbocycles. The Balaban J connectivity index is 1.65. The molecule has 3 rings (SSSR count). The van der Waals surface area contributed by atoms with Gasteiger partial charge in [-0.25, -0.2) is 0 Å². The smallest absolute Gasteiger partial charge is 0.269 e. The highest BCUT2D eigenvalue weighted by Crippen LogP contribution is 2.29. The van der Waals surface area contributed by atoms with Crippen molar-refractivity contribution in [3.8, 4) is 11.5 Å². The number of methoxy groups -OCH3 is 1. The minimum Gasteiger partial charge on any atom is -0.493 e. The van der Waals surface area contributed by atoms with Gasteiger partial charge >= 0.3 is 0 Å². The number of benzene rings is 2. The number of thiophene rings is 1. The number of hydrogen-bond acceptors (Lipinski definition) is 6. The third-order valence-corrected chi connectivity index (χ3v) is 5.72. The molecule has 1 aromatic heterocycles. The van der Waals surface area contributed by atoms with Gasteiger partial charge in [0.2, 0.25) is 0 Å². The number of ether oxygens (including phenoxy) is 2. The molecule has 0 spiro atoms. The summed E-state index contributed by atoms with van der Waals surface area (Å²) in [5, 5.41) is 10.7. The van der Waals surface area contributed by atoms with Crippen LogP contribution in [0.5, 0.6) is 11.5 Å². The highest BCUT2D eigenvalue weighted by molar-refractivity contribution is 7.14. The van der Waals surface area contributed by atoms with Crippen molar-refractivity contribution >= 4 is 28.9 Å². The van der Waals surface area contributed by atoms with Crippen LogP contribution >= 0.6 is 11.3 Å². The Hall–Kier alpha value is -3.45. The van der Waals surface area contributed by atoms with Crippen LogP contribution in [0, 0.1) is 10.1 Å². The molecule has 7 heteroatoms. The van der Waals surface area contributed by atoms with Crippen molar-refractivity contribution in [2.45, 2.75) is 26.4 Å². The first-order valence-corrected chi connectivity index (χ1v) is 10.7. The summed E-state index contributed by atoms with van der Waals surface area (Å²) in [6, 6.07) is 15.5. The van der Waals surface area contributed by atoms with E-state index >= 15 is 0 Å². The number of allylic oxidation sites excluding steroid dienone is 1. The van der Waals surface area contributed by atoms with Crippen LogP contribution in [0.15, 0.2) is 60.7 Å². The zero-order valence-electron chi connectivity index (χ0n) is 17.4. The van der Waals surface area contributed by atoms with Crippen LogP contribution in [0.4, 0.5) is 5.69 Å². The van der Waals surface area contributed by atoms with E-state index in [1.165, 1.54) is 28.3 Å². The lowest BCUT2D eigenvalue weighted by molar-refractivity contribution is -0.384. The summed E-state index contributed by atoms with van der Waals surface area (Å²) >= 11 is 1.53. The molecule has 0 aliphatic heterocycles. The molecule has 31 heavy (non-hydrogen) atoms. The van der Waals surface area contributed by atoms with Crippen molar-refractivity contribution in [1.82, 2.24) is 0 Å². The topological polar surface area (TPSA) is 78.7 Å². The number of non-ortho nitro benzene ring substituents is 1. The SMILES string of the molecule is CCCc1ccc(C(=O)/C=C/c2ccc(OCc3ccc([N+](=O)[O-])cc3)c(OC)c2)s1. The summed E-state index contributed by atoms with van der Waals surface area (Å²) in [5.74, 6) is 1.06. The van der Waals surface area contributed by atoms with Crippen molar-refractivity contribution in [1.29, 1.82) is 0 Å². The number of nitrogens with zero attached hydrogens (tertiary/aromatic N) is 1. The second-order valence-corrected chi connectivity index (χ2v) is 8.00. The monoisotopic (exact) mass is 437 g/mol. The molecular formula is C24H23NO5S. The second kappa shape index (κ2) is 10.5. The molecular weight excluding hydrogens is 414 g/mol. The van der Waals surface area contributed by atoms with Crippen molar-refractivity contribution in [3.63, 3.8) is 0 Å². The summed E-state index contributed by atoms with van der Waals surface area (Å²) in [5.41, 5.74) is 1.66. The normalized spacial score (nSPS) is 10.9. The van der Waals surface area contributed by atoms with E-state index in [2.05, 4.69) is 6.92 Å². The lowest BCUT2D eigenvalue weighted by atomic mass is 10.1. The summed E-state index contributed by atoms with van der Waals surface area (Å²) in [6.45, 7) is 2.37. The molecule has 160 valence electrons. The maximum atomic E-state index is 12.4. The molecule has 0 amide bonds. The zero-order valence-corrected chi connectivity index (χ0v) is 18.2. The van der Waals surface area contributed by atoms with Crippen molar-refractivity contribution in [2.24, 2.45) is 0 Å². The fraction of sp³-hybridized carbons (Fsp3) is 0.208. The van der Waals surface area contributed by atoms with Gasteiger partial charge in [0.15, 0.2) is 17.3 Å². The molecule has 0 atom stereocenters. The Kier molecular flexibility index (Phi) is 7.56. The largest absolute Gasteiger partial charge is 0.493 e. The number of nitro groups is 1. The van der Waals surface area contributed by atoms with Crippen LogP contribution in [0.2, 0.25) is 0 Å². The van der Waals surface area contributed by atoms with Crippen molar-refractivity contribution in [3.05, 3.63) is 91.7 Å². The van der Waals surface area contributed by atoms with E-state index in [9.17, 15) is 14.9 Å². The molecule has 0 radical (unpaired) electrons. The van der Waals surface area contributed by atoms with Crippen LogP contribution in [-0.4, -0.2) is 17.8 Å². The number of hydrogen-bond donors (Lipinski definition) is 0. The lowest BCUT2D eigenvalue weighted by Gasteiger charge is -2.11. The van der Waals surface area contributed by atoms with E-state index in [4.69, 9.17) is 9.47 Å². The molecule has 0 saturated heterocycles. The van der Waals surface area contributed by atoms with Crippen molar-refractivity contribution < 1.29 is 19.2 Å². The fourth-order valence-electron chi connectivity index (χ4n) is 2.93. The predicted octanol–water partition coefficient (Wildman–Crippen LogP) is 6.09. The molecule has 0 fully saturated rings. The first-order chi connectivity index (χ1) is 15.0. The molecule has 1 heterocycles. The molecule has 0 aliphatic rings. The Morgan fingerprint density at radius 2 is 1.87 bits per heavy atom. The number of ketones is 1. The lowest BCUT2D eigenvalue weighted by Crippen LogP contribution is -1.98. The highest BCUT2D eigenvalue weighted by Gasteiger charge is 2.09. The quantitative estimate of drug-likeness (QED) is 0.166. The van der Waals surface area contributed by atoms with Gasteiger partial charge < -0.3 is 9.47 Å². The van der Waals surface area contributed by atoms with Crippen LogP contribution in [0.25, 0.3) is 6.08 Å². The summed E-state index contributed by atoms with van der Waals surface area (Å²) < 4.78 is 11.2. The highest BCUT2D eigenvalue weighted by atomic mass is 32.1. The molecule has 0 bridgehead atoms. The van der Waals surface area contributed by atoms with E-state index in [0.717, 1.165) is 28.8 Å². The number of rotatable bonds is 10. The summed E-state index contributed by atoms with van der Waals surface area (Å²) in [7, 11) is 1.55. The Labute approximate surface area is 184 Å². The molecule has 0 aliphatic carbocycles. The first-order valence-electron chi connectivity index (χ1n) is 9.85. The van der Waals surface area contributed by atoms with Crippen molar-refractivity contribution in [2.75, 3.05) is 7.11 Å². The standard InChI is InChI=1S/C24H23NO5S/c1-3-4-20-11-14-24(31-20)21(26)12-7-17-8-13-22(23(15-17)29-2)30-16-18-5-9-19(10-6-18)25(27)28/h5-15H,3-4,16H2,1-2H3/b12-7+. The third-order valence-electron chi connectivity index (χ3n) is 4.56. The minimum atomic E-state index is -0.437. The molecule has 0 unspecified atom stereocenters. The summed E-state index contributed by atoms with van der Waals surface area (Å²) in [6.07, 6.45) is 5.36. The van der Waals surface area contributed by atoms with E-state index in [1.54, 1.807) is 43.5 Å². The minimum absolute atomic E-state index is 0.0233. The third kappa shape index (κ3) is 6.02. The van der Waals surface area contributed by atoms with Gasteiger partial charge in [-0.15, -0.1) is 11.3 Å². The Bertz CT molecular complexity index is 1090.